The highest BCUT2D eigenvalue weighted by molar-refractivity contribution is 5.56. The van der Waals surface area contributed by atoms with Gasteiger partial charge in [-0.1, -0.05) is 17.7 Å². The number of methoxy groups -OCH3 is 2. The third-order valence-corrected chi connectivity index (χ3v) is 4.19. The Hall–Kier alpha value is -1.48. The monoisotopic (exact) mass is 262 g/mol. The number of ether oxygens (including phenoxy) is 2. The van der Waals surface area contributed by atoms with Crippen LogP contribution in [0.5, 0.6) is 11.5 Å². The fourth-order valence-corrected chi connectivity index (χ4v) is 3.02. The molecule has 2 rings (SSSR count). The van der Waals surface area contributed by atoms with E-state index in [0.717, 1.165) is 35.5 Å². The van der Waals surface area contributed by atoms with Crippen LogP contribution in [0.3, 0.4) is 0 Å². The van der Waals surface area contributed by atoms with E-state index >= 15 is 0 Å². The molecule has 3 nitrogen and oxygen atoms in total. The zero-order chi connectivity index (χ0) is 14.0. The van der Waals surface area contributed by atoms with E-state index in [1.54, 1.807) is 14.2 Å². The highest BCUT2D eigenvalue weighted by atomic mass is 16.5. The van der Waals surface area contributed by atoms with Crippen molar-refractivity contribution in [3.63, 3.8) is 0 Å². The summed E-state index contributed by atoms with van der Waals surface area (Å²) in [7, 11) is 3.29. The standard InChI is InChI=1S/C16H22O3/c1-11-8-13(15(19-4)14(9-11)18-3)16(10-17)7-5-6-12(16)2/h6,8-9,17H,5,7,10H2,1-4H3/t16-/m1/s1. The number of aryl methyl sites for hydroxylation is 1. The fraction of sp³-hybridized carbons (Fsp3) is 0.500. The molecule has 3 heteroatoms. The maximum atomic E-state index is 9.98. The number of aliphatic hydroxyl groups is 1. The summed E-state index contributed by atoms with van der Waals surface area (Å²) in [6, 6.07) is 4.06. The molecular weight excluding hydrogens is 240 g/mol. The molecule has 1 atom stereocenters. The van der Waals surface area contributed by atoms with E-state index in [4.69, 9.17) is 9.47 Å². The summed E-state index contributed by atoms with van der Waals surface area (Å²) in [5.74, 6) is 1.46. The third-order valence-electron chi connectivity index (χ3n) is 4.19. The van der Waals surface area contributed by atoms with Gasteiger partial charge in [-0.15, -0.1) is 0 Å². The molecule has 0 heterocycles. The summed E-state index contributed by atoms with van der Waals surface area (Å²) >= 11 is 0. The van der Waals surface area contributed by atoms with Crippen LogP contribution < -0.4 is 9.47 Å². The van der Waals surface area contributed by atoms with E-state index in [-0.39, 0.29) is 12.0 Å². The normalized spacial score (nSPS) is 22.3. The van der Waals surface area contributed by atoms with Crippen molar-refractivity contribution in [3.8, 4) is 11.5 Å². The average molecular weight is 262 g/mol. The third kappa shape index (κ3) is 2.12. The van der Waals surface area contributed by atoms with Gasteiger partial charge in [0.25, 0.3) is 0 Å². The Morgan fingerprint density at radius 3 is 2.42 bits per heavy atom. The van der Waals surface area contributed by atoms with Gasteiger partial charge in [-0.25, -0.2) is 0 Å². The first-order chi connectivity index (χ1) is 9.08. The molecule has 1 aliphatic carbocycles. The van der Waals surface area contributed by atoms with Crippen molar-refractivity contribution in [1.29, 1.82) is 0 Å². The van der Waals surface area contributed by atoms with Crippen LogP contribution in [-0.2, 0) is 5.41 Å². The largest absolute Gasteiger partial charge is 0.493 e. The Bertz CT molecular complexity index is 505. The number of hydrogen-bond acceptors (Lipinski definition) is 3. The van der Waals surface area contributed by atoms with Gasteiger partial charge in [-0.2, -0.15) is 0 Å². The molecular formula is C16H22O3. The van der Waals surface area contributed by atoms with Crippen molar-refractivity contribution in [2.24, 2.45) is 0 Å². The number of aliphatic hydroxyl groups excluding tert-OH is 1. The predicted octanol–water partition coefficient (Wildman–Crippen LogP) is 2.98. The van der Waals surface area contributed by atoms with Gasteiger partial charge >= 0.3 is 0 Å². The van der Waals surface area contributed by atoms with Gasteiger partial charge in [0.1, 0.15) is 0 Å². The van der Waals surface area contributed by atoms with E-state index < -0.39 is 0 Å². The molecule has 0 saturated heterocycles. The van der Waals surface area contributed by atoms with Crippen LogP contribution >= 0.6 is 0 Å². The van der Waals surface area contributed by atoms with Crippen LogP contribution in [0.2, 0.25) is 0 Å². The Morgan fingerprint density at radius 2 is 1.95 bits per heavy atom. The molecule has 1 aromatic carbocycles. The first kappa shape index (κ1) is 13.9. The molecule has 0 amide bonds. The van der Waals surface area contributed by atoms with Crippen molar-refractivity contribution in [1.82, 2.24) is 0 Å². The lowest BCUT2D eigenvalue weighted by molar-refractivity contribution is 0.211. The van der Waals surface area contributed by atoms with E-state index in [1.165, 1.54) is 5.57 Å². The molecule has 0 aromatic heterocycles. The van der Waals surface area contributed by atoms with Gasteiger partial charge in [0.05, 0.1) is 20.8 Å². The Morgan fingerprint density at radius 1 is 1.21 bits per heavy atom. The average Bonchev–Trinajstić information content (AvgIpc) is 2.79. The van der Waals surface area contributed by atoms with Gasteiger partial charge in [0.15, 0.2) is 11.5 Å². The summed E-state index contributed by atoms with van der Waals surface area (Å²) in [6.45, 7) is 4.21. The molecule has 0 spiro atoms. The van der Waals surface area contributed by atoms with Crippen molar-refractivity contribution in [2.45, 2.75) is 32.1 Å². The van der Waals surface area contributed by atoms with E-state index in [9.17, 15) is 5.11 Å². The Balaban J connectivity index is 2.67. The maximum absolute atomic E-state index is 9.98. The van der Waals surface area contributed by atoms with Gasteiger partial charge in [-0.3, -0.25) is 0 Å². The summed E-state index contributed by atoms with van der Waals surface area (Å²) in [5.41, 5.74) is 3.02. The minimum atomic E-state index is -0.329. The first-order valence-corrected chi connectivity index (χ1v) is 6.60. The van der Waals surface area contributed by atoms with Crippen LogP contribution in [-0.4, -0.2) is 25.9 Å². The van der Waals surface area contributed by atoms with Gasteiger partial charge < -0.3 is 14.6 Å². The van der Waals surface area contributed by atoms with Gasteiger partial charge in [0, 0.05) is 11.0 Å². The number of rotatable bonds is 4. The second-order valence-corrected chi connectivity index (χ2v) is 5.21. The lowest BCUT2D eigenvalue weighted by atomic mass is 9.75. The summed E-state index contributed by atoms with van der Waals surface area (Å²) in [4.78, 5) is 0. The van der Waals surface area contributed by atoms with Crippen molar-refractivity contribution in [3.05, 3.63) is 34.9 Å². The molecule has 19 heavy (non-hydrogen) atoms. The van der Waals surface area contributed by atoms with Crippen LogP contribution in [0, 0.1) is 6.92 Å². The lowest BCUT2D eigenvalue weighted by Crippen LogP contribution is -2.30. The molecule has 1 aliphatic rings. The minimum Gasteiger partial charge on any atom is -0.493 e. The van der Waals surface area contributed by atoms with Crippen molar-refractivity contribution in [2.75, 3.05) is 20.8 Å². The number of benzene rings is 1. The first-order valence-electron chi connectivity index (χ1n) is 6.60. The smallest absolute Gasteiger partial charge is 0.164 e. The maximum Gasteiger partial charge on any atom is 0.164 e. The fourth-order valence-electron chi connectivity index (χ4n) is 3.02. The molecule has 0 unspecified atom stereocenters. The van der Waals surface area contributed by atoms with Crippen LogP contribution in [0.1, 0.15) is 30.9 Å². The number of allylic oxidation sites excluding steroid dienone is 1. The van der Waals surface area contributed by atoms with Crippen LogP contribution in [0.4, 0.5) is 0 Å². The molecule has 1 N–H and O–H groups in total. The number of hydrogen-bond donors (Lipinski definition) is 1. The Labute approximate surface area is 114 Å². The zero-order valence-corrected chi connectivity index (χ0v) is 12.1. The quantitative estimate of drug-likeness (QED) is 0.848. The Kier molecular flexibility index (Phi) is 3.85. The highest BCUT2D eigenvalue weighted by Gasteiger charge is 2.39. The van der Waals surface area contributed by atoms with Crippen molar-refractivity contribution >= 4 is 0 Å². The van der Waals surface area contributed by atoms with Crippen molar-refractivity contribution < 1.29 is 14.6 Å². The topological polar surface area (TPSA) is 38.7 Å². The summed E-state index contributed by atoms with van der Waals surface area (Å²) < 4.78 is 11.0. The van der Waals surface area contributed by atoms with E-state index in [0.29, 0.717) is 0 Å². The second kappa shape index (κ2) is 5.25. The van der Waals surface area contributed by atoms with E-state index in [1.807, 2.05) is 13.0 Å². The molecule has 104 valence electrons. The van der Waals surface area contributed by atoms with Gasteiger partial charge in [-0.05, 0) is 38.3 Å². The molecule has 1 aromatic rings. The second-order valence-electron chi connectivity index (χ2n) is 5.21. The van der Waals surface area contributed by atoms with Gasteiger partial charge in [0.2, 0.25) is 0 Å². The SMILES string of the molecule is COc1cc(C)cc([C@@]2(CO)CCC=C2C)c1OC. The molecule has 0 saturated carbocycles. The van der Waals surface area contributed by atoms with Crippen LogP contribution in [0.15, 0.2) is 23.8 Å². The van der Waals surface area contributed by atoms with E-state index in [2.05, 4.69) is 19.1 Å². The summed E-state index contributed by atoms with van der Waals surface area (Å²) in [6.07, 6.45) is 4.11. The minimum absolute atomic E-state index is 0.0955. The molecule has 0 aliphatic heterocycles. The lowest BCUT2D eigenvalue weighted by Gasteiger charge is -2.32. The predicted molar refractivity (Wildman–Crippen MR) is 76.0 cm³/mol. The highest BCUT2D eigenvalue weighted by Crippen LogP contribution is 2.48. The summed E-state index contributed by atoms with van der Waals surface area (Å²) in [5, 5.41) is 9.98. The zero-order valence-electron chi connectivity index (χ0n) is 12.1. The van der Waals surface area contributed by atoms with Crippen LogP contribution in [0.25, 0.3) is 0 Å². The molecule has 0 bridgehead atoms. The molecule has 0 fully saturated rings. The molecule has 0 radical (unpaired) electrons.